The number of aldehydes is 1. The summed E-state index contributed by atoms with van der Waals surface area (Å²) >= 11 is 0. The lowest BCUT2D eigenvalue weighted by Crippen LogP contribution is -2.33. The molecule has 19 heavy (non-hydrogen) atoms. The van der Waals surface area contributed by atoms with Gasteiger partial charge < -0.3 is 15.0 Å². The van der Waals surface area contributed by atoms with Crippen molar-refractivity contribution in [3.8, 4) is 0 Å². The van der Waals surface area contributed by atoms with Crippen molar-refractivity contribution in [3.05, 3.63) is 33.7 Å². The molecule has 6 nitrogen and oxygen atoms in total. The molecule has 0 bridgehead atoms. The second-order valence-electron chi connectivity index (χ2n) is 5.09. The van der Waals surface area contributed by atoms with Crippen LogP contribution < -0.4 is 10.7 Å². The van der Waals surface area contributed by atoms with Gasteiger partial charge >= 0.3 is 6.09 Å². The number of ether oxygens (including phenoxy) is 1. The van der Waals surface area contributed by atoms with Crippen LogP contribution in [0.3, 0.4) is 0 Å². The molecule has 0 saturated heterocycles. The SMILES string of the molecule is CC(C)(C)OC(=O)NCCc1cc(=O)cc(C=O)[nH]1. The van der Waals surface area contributed by atoms with Crippen LogP contribution in [0.4, 0.5) is 4.79 Å². The van der Waals surface area contributed by atoms with Crippen molar-refractivity contribution in [3.63, 3.8) is 0 Å². The van der Waals surface area contributed by atoms with Gasteiger partial charge in [-0.25, -0.2) is 4.79 Å². The Labute approximate surface area is 111 Å². The molecule has 6 heteroatoms. The van der Waals surface area contributed by atoms with Gasteiger partial charge in [-0.2, -0.15) is 0 Å². The molecule has 1 aromatic rings. The minimum absolute atomic E-state index is 0.222. The third-order valence-corrected chi connectivity index (χ3v) is 2.11. The number of H-pyrrole nitrogens is 1. The lowest BCUT2D eigenvalue weighted by molar-refractivity contribution is 0.0528. The van der Waals surface area contributed by atoms with E-state index in [1.807, 2.05) is 0 Å². The van der Waals surface area contributed by atoms with Crippen LogP contribution in [0.25, 0.3) is 0 Å². The fraction of sp³-hybridized carbons (Fsp3) is 0.462. The molecule has 0 aliphatic rings. The van der Waals surface area contributed by atoms with E-state index in [2.05, 4.69) is 10.3 Å². The number of carbonyl (C=O) groups is 2. The van der Waals surface area contributed by atoms with Gasteiger partial charge in [-0.3, -0.25) is 9.59 Å². The summed E-state index contributed by atoms with van der Waals surface area (Å²) in [5.41, 5.74) is 0.0223. The van der Waals surface area contributed by atoms with E-state index < -0.39 is 11.7 Å². The van der Waals surface area contributed by atoms with E-state index in [-0.39, 0.29) is 11.1 Å². The van der Waals surface area contributed by atoms with Crippen molar-refractivity contribution in [2.45, 2.75) is 32.8 Å². The summed E-state index contributed by atoms with van der Waals surface area (Å²) in [7, 11) is 0. The molecule has 1 heterocycles. The first-order valence-corrected chi connectivity index (χ1v) is 5.95. The van der Waals surface area contributed by atoms with Crippen LogP contribution in [-0.4, -0.2) is 29.5 Å². The molecule has 1 aromatic heterocycles. The normalized spacial score (nSPS) is 10.9. The molecule has 0 atom stereocenters. The number of aromatic amines is 1. The summed E-state index contributed by atoms with van der Waals surface area (Å²) in [5, 5.41) is 2.57. The minimum atomic E-state index is -0.546. The summed E-state index contributed by atoms with van der Waals surface area (Å²) in [6.45, 7) is 5.64. The van der Waals surface area contributed by atoms with Gasteiger partial charge in [-0.05, 0) is 20.8 Å². The fourth-order valence-corrected chi connectivity index (χ4v) is 1.44. The minimum Gasteiger partial charge on any atom is -0.444 e. The van der Waals surface area contributed by atoms with E-state index >= 15 is 0 Å². The number of nitrogens with one attached hydrogen (secondary N) is 2. The van der Waals surface area contributed by atoms with Gasteiger partial charge in [-0.15, -0.1) is 0 Å². The van der Waals surface area contributed by atoms with Gasteiger partial charge in [0, 0.05) is 30.8 Å². The average Bonchev–Trinajstić information content (AvgIpc) is 2.25. The summed E-state index contributed by atoms with van der Waals surface area (Å²) in [5.74, 6) is 0. The van der Waals surface area contributed by atoms with E-state index in [4.69, 9.17) is 4.74 Å². The van der Waals surface area contributed by atoms with Gasteiger partial charge in [-0.1, -0.05) is 0 Å². The van der Waals surface area contributed by atoms with E-state index in [0.29, 0.717) is 24.9 Å². The van der Waals surface area contributed by atoms with Crippen LogP contribution in [0, 0.1) is 0 Å². The third-order valence-electron chi connectivity index (χ3n) is 2.11. The lowest BCUT2D eigenvalue weighted by Gasteiger charge is -2.19. The maximum atomic E-state index is 11.4. The van der Waals surface area contributed by atoms with Crippen LogP contribution in [0.5, 0.6) is 0 Å². The van der Waals surface area contributed by atoms with E-state index in [0.717, 1.165) is 0 Å². The molecular formula is C13H18N2O4. The first-order valence-electron chi connectivity index (χ1n) is 5.95. The quantitative estimate of drug-likeness (QED) is 0.803. The van der Waals surface area contributed by atoms with Gasteiger partial charge in [0.15, 0.2) is 11.7 Å². The molecule has 1 amide bonds. The third kappa shape index (κ3) is 5.85. The molecule has 0 aliphatic carbocycles. The zero-order chi connectivity index (χ0) is 14.5. The molecule has 0 fully saturated rings. The maximum Gasteiger partial charge on any atom is 0.407 e. The number of aromatic nitrogens is 1. The van der Waals surface area contributed by atoms with Crippen LogP contribution >= 0.6 is 0 Å². The molecule has 0 unspecified atom stereocenters. The van der Waals surface area contributed by atoms with Crippen LogP contribution in [0.1, 0.15) is 37.0 Å². The fourth-order valence-electron chi connectivity index (χ4n) is 1.44. The molecule has 0 spiro atoms. The predicted molar refractivity (Wildman–Crippen MR) is 70.4 cm³/mol. The van der Waals surface area contributed by atoms with Gasteiger partial charge in [0.05, 0.1) is 5.69 Å². The summed E-state index contributed by atoms with van der Waals surface area (Å²) in [4.78, 5) is 36.0. The van der Waals surface area contributed by atoms with Crippen molar-refractivity contribution in [1.82, 2.24) is 10.3 Å². The highest BCUT2D eigenvalue weighted by molar-refractivity contribution is 5.71. The van der Waals surface area contributed by atoms with Crippen molar-refractivity contribution < 1.29 is 14.3 Å². The van der Waals surface area contributed by atoms with E-state index in [1.54, 1.807) is 20.8 Å². The van der Waals surface area contributed by atoms with Gasteiger partial charge in [0.1, 0.15) is 5.60 Å². The number of hydrogen-bond donors (Lipinski definition) is 2. The summed E-state index contributed by atoms with van der Waals surface area (Å²) in [6.07, 6.45) is 0.476. The second-order valence-corrected chi connectivity index (χ2v) is 5.09. The van der Waals surface area contributed by atoms with Crippen molar-refractivity contribution >= 4 is 12.4 Å². The smallest absolute Gasteiger partial charge is 0.407 e. The van der Waals surface area contributed by atoms with Crippen LogP contribution in [0.2, 0.25) is 0 Å². The van der Waals surface area contributed by atoms with Crippen LogP contribution in [-0.2, 0) is 11.2 Å². The molecular weight excluding hydrogens is 248 g/mol. The number of amides is 1. The maximum absolute atomic E-state index is 11.4. The van der Waals surface area contributed by atoms with E-state index in [1.165, 1.54) is 12.1 Å². The Morgan fingerprint density at radius 1 is 1.42 bits per heavy atom. The molecule has 1 rings (SSSR count). The zero-order valence-corrected chi connectivity index (χ0v) is 11.3. The van der Waals surface area contributed by atoms with Crippen molar-refractivity contribution in [2.24, 2.45) is 0 Å². The first kappa shape index (κ1) is 14.9. The van der Waals surface area contributed by atoms with Gasteiger partial charge in [0.2, 0.25) is 0 Å². The second kappa shape index (κ2) is 6.17. The lowest BCUT2D eigenvalue weighted by atomic mass is 10.2. The molecule has 2 N–H and O–H groups in total. The van der Waals surface area contributed by atoms with Crippen LogP contribution in [0.15, 0.2) is 16.9 Å². The molecule has 0 radical (unpaired) electrons. The summed E-state index contributed by atoms with van der Waals surface area (Å²) in [6, 6.07) is 2.61. The monoisotopic (exact) mass is 266 g/mol. The molecule has 0 aromatic carbocycles. The Kier molecular flexibility index (Phi) is 4.86. The van der Waals surface area contributed by atoms with E-state index in [9.17, 15) is 14.4 Å². The molecule has 0 saturated carbocycles. The van der Waals surface area contributed by atoms with Crippen molar-refractivity contribution in [1.29, 1.82) is 0 Å². The van der Waals surface area contributed by atoms with Gasteiger partial charge in [0.25, 0.3) is 0 Å². The predicted octanol–water partition coefficient (Wildman–Crippen LogP) is 1.25. The first-order chi connectivity index (χ1) is 8.80. The number of alkyl carbamates (subject to hydrolysis) is 1. The number of rotatable bonds is 4. The molecule has 0 aliphatic heterocycles. The largest absolute Gasteiger partial charge is 0.444 e. The highest BCUT2D eigenvalue weighted by Gasteiger charge is 2.15. The summed E-state index contributed by atoms with van der Waals surface area (Å²) < 4.78 is 5.07. The highest BCUT2D eigenvalue weighted by atomic mass is 16.6. The number of hydrogen-bond acceptors (Lipinski definition) is 4. The Bertz CT molecular complexity index is 514. The highest BCUT2D eigenvalue weighted by Crippen LogP contribution is 2.06. The Hall–Kier alpha value is -2.11. The average molecular weight is 266 g/mol. The topological polar surface area (TPSA) is 88.3 Å². The number of carbonyl (C=O) groups excluding carboxylic acids is 2. The Morgan fingerprint density at radius 3 is 2.68 bits per heavy atom. The van der Waals surface area contributed by atoms with Crippen molar-refractivity contribution in [2.75, 3.05) is 6.54 Å². The number of pyridine rings is 1. The standard InChI is InChI=1S/C13H18N2O4/c1-13(2,3)19-12(18)14-5-4-9-6-11(17)7-10(8-16)15-9/h6-8H,4-5H2,1-3H3,(H,14,18)(H,15,17). The zero-order valence-electron chi connectivity index (χ0n) is 11.3. The Balaban J connectivity index is 2.49. The Morgan fingerprint density at radius 2 is 2.11 bits per heavy atom. The molecule has 104 valence electrons.